The maximum atomic E-state index is 10.5. The van der Waals surface area contributed by atoms with Gasteiger partial charge < -0.3 is 0 Å². The fourth-order valence-electron chi connectivity index (χ4n) is 0.892. The van der Waals surface area contributed by atoms with Crippen molar-refractivity contribution in [1.82, 2.24) is 5.43 Å². The summed E-state index contributed by atoms with van der Waals surface area (Å²) >= 11 is 5.59. The molecule has 7 heteroatoms. The molecule has 1 rings (SSSR count). The van der Waals surface area contributed by atoms with E-state index in [1.807, 2.05) is 5.43 Å². The van der Waals surface area contributed by atoms with Gasteiger partial charge >= 0.3 is 0 Å². The van der Waals surface area contributed by atoms with Crippen molar-refractivity contribution in [3.05, 3.63) is 38.9 Å². The van der Waals surface area contributed by atoms with Gasteiger partial charge in [0.1, 0.15) is 5.02 Å². The number of nitrogens with one attached hydrogen (secondary N) is 1. The third-order valence-electron chi connectivity index (χ3n) is 1.51. The van der Waals surface area contributed by atoms with Gasteiger partial charge in [-0.05, 0) is 6.07 Å². The van der Waals surface area contributed by atoms with E-state index in [2.05, 4.69) is 5.10 Å². The van der Waals surface area contributed by atoms with Crippen LogP contribution < -0.4 is 5.43 Å². The minimum atomic E-state index is -0.590. The van der Waals surface area contributed by atoms with Crippen LogP contribution in [-0.2, 0) is 4.79 Å². The van der Waals surface area contributed by atoms with Crippen LogP contribution in [0.1, 0.15) is 5.56 Å². The number of rotatable bonds is 4. The fraction of sp³-hybridized carbons (Fsp3) is 0. The molecule has 0 bridgehead atoms. The molecule has 78 valence electrons. The van der Waals surface area contributed by atoms with Crippen LogP contribution in [0.5, 0.6) is 0 Å². The van der Waals surface area contributed by atoms with Crippen LogP contribution in [0.25, 0.3) is 0 Å². The Hall–Kier alpha value is -1.95. The third kappa shape index (κ3) is 3.03. The number of carbonyl (C=O) groups is 1. The lowest BCUT2D eigenvalue weighted by atomic mass is 10.2. The average molecular weight is 228 g/mol. The molecule has 1 aromatic rings. The maximum absolute atomic E-state index is 10.5. The fourth-order valence-corrected chi connectivity index (χ4v) is 1.08. The molecule has 0 atom stereocenters. The first-order chi connectivity index (χ1) is 7.15. The summed E-state index contributed by atoms with van der Waals surface area (Å²) in [5.41, 5.74) is 2.32. The first-order valence-electron chi connectivity index (χ1n) is 3.81. The highest BCUT2D eigenvalue weighted by Gasteiger charge is 2.11. The number of hydrogen-bond acceptors (Lipinski definition) is 4. The van der Waals surface area contributed by atoms with Crippen LogP contribution in [0, 0.1) is 10.1 Å². The molecular weight excluding hydrogens is 222 g/mol. The zero-order valence-electron chi connectivity index (χ0n) is 7.38. The molecule has 1 amide bonds. The standard InChI is InChI=1S/C8H6ClN3O3/c9-7-2-1-6(4-10-11-5-13)3-8(7)12(14)15/h1-5H,(H,11,13). The Bertz CT molecular complexity index is 420. The van der Waals surface area contributed by atoms with Gasteiger partial charge in [0.2, 0.25) is 6.41 Å². The summed E-state index contributed by atoms with van der Waals surface area (Å²) in [6.07, 6.45) is 1.67. The monoisotopic (exact) mass is 227 g/mol. The molecule has 0 saturated heterocycles. The Morgan fingerprint density at radius 2 is 2.27 bits per heavy atom. The SMILES string of the molecule is O=CNN=Cc1ccc(Cl)c([N+](=O)[O-])c1. The van der Waals surface area contributed by atoms with Crippen molar-refractivity contribution in [2.75, 3.05) is 0 Å². The van der Waals surface area contributed by atoms with E-state index in [1.54, 1.807) is 6.07 Å². The van der Waals surface area contributed by atoms with Gasteiger partial charge in [-0.3, -0.25) is 14.9 Å². The van der Waals surface area contributed by atoms with E-state index in [9.17, 15) is 14.9 Å². The Kier molecular flexibility index (Phi) is 3.75. The Morgan fingerprint density at radius 3 is 2.87 bits per heavy atom. The van der Waals surface area contributed by atoms with Crippen LogP contribution in [0.15, 0.2) is 23.3 Å². The number of nitrogens with zero attached hydrogens (tertiary/aromatic N) is 2. The lowest BCUT2D eigenvalue weighted by Gasteiger charge is -1.96. The molecule has 0 spiro atoms. The number of nitro benzene ring substituents is 1. The van der Waals surface area contributed by atoms with E-state index in [1.165, 1.54) is 18.3 Å². The van der Waals surface area contributed by atoms with Gasteiger partial charge in [-0.25, -0.2) is 5.43 Å². The first kappa shape index (κ1) is 11.1. The summed E-state index contributed by atoms with van der Waals surface area (Å²) in [5.74, 6) is 0. The predicted molar refractivity (Wildman–Crippen MR) is 54.9 cm³/mol. The molecule has 0 aliphatic carbocycles. The minimum absolute atomic E-state index is 0.0560. The summed E-state index contributed by atoms with van der Waals surface area (Å²) in [6, 6.07) is 4.20. The van der Waals surface area contributed by atoms with Crippen LogP contribution in [-0.4, -0.2) is 17.5 Å². The van der Waals surface area contributed by atoms with Gasteiger partial charge in [-0.15, -0.1) is 0 Å². The maximum Gasteiger partial charge on any atom is 0.288 e. The highest BCUT2D eigenvalue weighted by atomic mass is 35.5. The zero-order valence-corrected chi connectivity index (χ0v) is 8.14. The van der Waals surface area contributed by atoms with Crippen LogP contribution >= 0.6 is 11.6 Å². The molecule has 0 unspecified atom stereocenters. The number of benzene rings is 1. The molecule has 0 aliphatic rings. The van der Waals surface area contributed by atoms with Crippen LogP contribution in [0.4, 0.5) is 5.69 Å². The van der Waals surface area contributed by atoms with Crippen molar-refractivity contribution in [3.63, 3.8) is 0 Å². The highest BCUT2D eigenvalue weighted by molar-refractivity contribution is 6.32. The molecule has 0 saturated carbocycles. The minimum Gasteiger partial charge on any atom is -0.277 e. The lowest BCUT2D eigenvalue weighted by molar-refractivity contribution is -0.384. The molecule has 6 nitrogen and oxygen atoms in total. The number of hydrogen-bond donors (Lipinski definition) is 1. The number of carbonyl (C=O) groups excluding carboxylic acids is 1. The molecule has 1 aromatic carbocycles. The van der Waals surface area contributed by atoms with Gasteiger partial charge in [-0.2, -0.15) is 5.10 Å². The molecule has 15 heavy (non-hydrogen) atoms. The number of hydrazone groups is 1. The van der Waals surface area contributed by atoms with Crippen molar-refractivity contribution in [3.8, 4) is 0 Å². The van der Waals surface area contributed by atoms with Gasteiger partial charge in [-0.1, -0.05) is 17.7 Å². The van der Waals surface area contributed by atoms with E-state index >= 15 is 0 Å². The zero-order chi connectivity index (χ0) is 11.3. The van der Waals surface area contributed by atoms with E-state index < -0.39 is 4.92 Å². The van der Waals surface area contributed by atoms with Crippen LogP contribution in [0.2, 0.25) is 5.02 Å². The highest BCUT2D eigenvalue weighted by Crippen LogP contribution is 2.24. The van der Waals surface area contributed by atoms with E-state index in [0.717, 1.165) is 0 Å². The predicted octanol–water partition coefficient (Wildman–Crippen LogP) is 1.33. The quantitative estimate of drug-likeness (QED) is 0.364. The summed E-state index contributed by atoms with van der Waals surface area (Å²) in [4.78, 5) is 19.8. The van der Waals surface area contributed by atoms with Crippen molar-refractivity contribution in [1.29, 1.82) is 0 Å². The number of halogens is 1. The van der Waals surface area contributed by atoms with Crippen molar-refractivity contribution < 1.29 is 9.72 Å². The third-order valence-corrected chi connectivity index (χ3v) is 1.83. The van der Waals surface area contributed by atoms with Crippen LogP contribution in [0.3, 0.4) is 0 Å². The molecule has 1 N–H and O–H groups in total. The van der Waals surface area contributed by atoms with Gasteiger partial charge in [0.05, 0.1) is 11.1 Å². The molecule has 0 heterocycles. The summed E-state index contributed by atoms with van der Waals surface area (Å²) < 4.78 is 0. The molecule has 0 radical (unpaired) electrons. The van der Waals surface area contributed by atoms with Crippen molar-refractivity contribution in [2.45, 2.75) is 0 Å². The van der Waals surface area contributed by atoms with Gasteiger partial charge in [0.25, 0.3) is 5.69 Å². The second-order valence-electron chi connectivity index (χ2n) is 2.47. The van der Waals surface area contributed by atoms with E-state index in [-0.39, 0.29) is 10.7 Å². The normalized spacial score (nSPS) is 10.2. The molecular formula is C8H6ClN3O3. The second-order valence-corrected chi connectivity index (χ2v) is 2.88. The Morgan fingerprint density at radius 1 is 1.53 bits per heavy atom. The van der Waals surface area contributed by atoms with Crippen molar-refractivity contribution >= 4 is 29.9 Å². The van der Waals surface area contributed by atoms with E-state index in [0.29, 0.717) is 12.0 Å². The first-order valence-corrected chi connectivity index (χ1v) is 4.19. The molecule has 0 aliphatic heterocycles. The van der Waals surface area contributed by atoms with Gasteiger partial charge in [0, 0.05) is 11.6 Å². The second kappa shape index (κ2) is 5.06. The summed E-state index contributed by atoms with van der Waals surface area (Å²) in [5, 5.41) is 14.0. The number of amides is 1. The summed E-state index contributed by atoms with van der Waals surface area (Å²) in [6.45, 7) is 0. The Balaban J connectivity index is 2.97. The molecule has 0 fully saturated rings. The average Bonchev–Trinajstić information content (AvgIpc) is 2.20. The Labute approximate surface area is 89.7 Å². The van der Waals surface area contributed by atoms with E-state index in [4.69, 9.17) is 11.6 Å². The largest absolute Gasteiger partial charge is 0.288 e. The summed E-state index contributed by atoms with van der Waals surface area (Å²) in [7, 11) is 0. The lowest BCUT2D eigenvalue weighted by Crippen LogP contribution is -2.00. The van der Waals surface area contributed by atoms with Gasteiger partial charge in [0.15, 0.2) is 0 Å². The number of nitro groups is 1. The van der Waals surface area contributed by atoms with Crippen molar-refractivity contribution in [2.24, 2.45) is 5.10 Å². The smallest absolute Gasteiger partial charge is 0.277 e. The molecule has 0 aromatic heterocycles. The topological polar surface area (TPSA) is 84.6 Å².